The molecule has 0 heterocycles. The van der Waals surface area contributed by atoms with E-state index in [1.165, 1.54) is 0 Å². The van der Waals surface area contributed by atoms with Gasteiger partial charge in [-0.1, -0.05) is 6.08 Å². The highest BCUT2D eigenvalue weighted by Crippen LogP contribution is 1.84. The van der Waals surface area contributed by atoms with E-state index in [9.17, 15) is 4.79 Å². The lowest BCUT2D eigenvalue weighted by Crippen LogP contribution is -2.07. The summed E-state index contributed by atoms with van der Waals surface area (Å²) in [6, 6.07) is 0. The summed E-state index contributed by atoms with van der Waals surface area (Å²) in [5.41, 5.74) is 0. The van der Waals surface area contributed by atoms with E-state index in [-0.39, 0.29) is 0 Å². The number of carbonyl (C=O) groups excluding carboxylic acids is 1. The second-order valence-corrected chi connectivity index (χ2v) is 1.41. The highest BCUT2D eigenvalue weighted by molar-refractivity contribution is 6.18. The van der Waals surface area contributed by atoms with Gasteiger partial charge in [-0.25, -0.2) is 0 Å². The van der Waals surface area contributed by atoms with Crippen LogP contribution in [0.3, 0.4) is 0 Å². The molecule has 0 rings (SSSR count). The topological polar surface area (TPSA) is 20.3 Å². The fourth-order valence-corrected chi connectivity index (χ4v) is 0.264. The maximum Gasteiger partial charge on any atom is 0.224 e. The van der Waals surface area contributed by atoms with Crippen molar-refractivity contribution in [3.8, 4) is 0 Å². The first-order valence-corrected chi connectivity index (χ1v) is 2.13. The van der Waals surface area contributed by atoms with E-state index in [0.29, 0.717) is 13.0 Å². The molecule has 2 nitrogen and oxygen atoms in total. The van der Waals surface area contributed by atoms with E-state index >= 15 is 0 Å². The number of halogens is 1. The third-order valence-corrected chi connectivity index (χ3v) is 0.636. The zero-order chi connectivity index (χ0) is 5.70. The van der Waals surface area contributed by atoms with E-state index in [1.54, 1.807) is 6.08 Å². The molecule has 0 aliphatic carbocycles. The zero-order valence-electron chi connectivity index (χ0n) is 3.80. The van der Waals surface area contributed by atoms with Gasteiger partial charge in [0.05, 0.1) is 6.54 Å². The van der Waals surface area contributed by atoms with Gasteiger partial charge >= 0.3 is 0 Å². The standard InChI is InChI=1S/C4H6ClNO/c1-2-3-6(5)4-7/h2,4H,1,3H2. The molecular formula is C4H6ClNO. The van der Waals surface area contributed by atoms with Crippen LogP contribution in [0.4, 0.5) is 0 Å². The number of hydrogen-bond acceptors (Lipinski definition) is 1. The molecule has 0 aromatic carbocycles. The average molecular weight is 120 g/mol. The second-order valence-electron chi connectivity index (χ2n) is 0.976. The monoisotopic (exact) mass is 119 g/mol. The lowest BCUT2D eigenvalue weighted by Gasteiger charge is -1.98. The largest absolute Gasteiger partial charge is 0.277 e. The Morgan fingerprint density at radius 1 is 1.86 bits per heavy atom. The predicted octanol–water partition coefficient (Wildman–Crippen LogP) is 0.785. The summed E-state index contributed by atoms with van der Waals surface area (Å²) in [6.07, 6.45) is 2.07. The zero-order valence-corrected chi connectivity index (χ0v) is 4.56. The van der Waals surface area contributed by atoms with E-state index in [1.807, 2.05) is 0 Å². The van der Waals surface area contributed by atoms with Gasteiger partial charge < -0.3 is 0 Å². The molecule has 0 aromatic rings. The van der Waals surface area contributed by atoms with Gasteiger partial charge in [-0.05, 0) is 0 Å². The molecule has 0 unspecified atom stereocenters. The van der Waals surface area contributed by atoms with Gasteiger partial charge in [0, 0.05) is 11.8 Å². The van der Waals surface area contributed by atoms with Gasteiger partial charge in [0.2, 0.25) is 6.41 Å². The van der Waals surface area contributed by atoms with Crippen LogP contribution in [0.1, 0.15) is 0 Å². The summed E-state index contributed by atoms with van der Waals surface area (Å²) in [5, 5.41) is 0. The Balaban J connectivity index is 3.15. The first kappa shape index (κ1) is 6.50. The number of nitrogens with zero attached hydrogens (tertiary/aromatic N) is 1. The molecule has 0 fully saturated rings. The van der Waals surface area contributed by atoms with Crippen LogP contribution in [0.15, 0.2) is 12.7 Å². The van der Waals surface area contributed by atoms with E-state index in [0.717, 1.165) is 4.42 Å². The Kier molecular flexibility index (Phi) is 3.42. The SMILES string of the molecule is C=CCN(Cl)C=O. The van der Waals surface area contributed by atoms with Crippen LogP contribution in [0.25, 0.3) is 0 Å². The van der Waals surface area contributed by atoms with Crippen LogP contribution in [0.2, 0.25) is 0 Å². The van der Waals surface area contributed by atoms with Crippen LogP contribution in [-0.4, -0.2) is 17.4 Å². The minimum atomic E-state index is 0.394. The van der Waals surface area contributed by atoms with Crippen molar-refractivity contribution in [1.29, 1.82) is 0 Å². The fraction of sp³-hybridized carbons (Fsp3) is 0.250. The number of carbonyl (C=O) groups is 1. The van der Waals surface area contributed by atoms with Gasteiger partial charge in [-0.3, -0.25) is 9.21 Å². The molecular weight excluding hydrogens is 114 g/mol. The van der Waals surface area contributed by atoms with Crippen molar-refractivity contribution in [2.75, 3.05) is 6.54 Å². The van der Waals surface area contributed by atoms with Gasteiger partial charge in [0.15, 0.2) is 0 Å². The summed E-state index contributed by atoms with van der Waals surface area (Å²) >= 11 is 5.16. The Hall–Kier alpha value is -0.500. The first-order valence-electron chi connectivity index (χ1n) is 1.80. The number of amides is 1. The van der Waals surface area contributed by atoms with Crippen molar-refractivity contribution < 1.29 is 4.79 Å². The minimum absolute atomic E-state index is 0.394. The molecule has 0 atom stereocenters. The van der Waals surface area contributed by atoms with Gasteiger partial charge in [0.1, 0.15) is 0 Å². The normalized spacial score (nSPS) is 7.57. The second kappa shape index (κ2) is 3.68. The number of rotatable bonds is 3. The molecule has 7 heavy (non-hydrogen) atoms. The van der Waals surface area contributed by atoms with Gasteiger partial charge in [-0.15, -0.1) is 6.58 Å². The van der Waals surface area contributed by atoms with Crippen LogP contribution in [0.5, 0.6) is 0 Å². The highest BCUT2D eigenvalue weighted by atomic mass is 35.5. The Bertz CT molecular complexity index is 74.1. The number of hydrogen-bond donors (Lipinski definition) is 0. The maximum atomic E-state index is 9.64. The Labute approximate surface area is 47.5 Å². The quantitative estimate of drug-likeness (QED) is 0.306. The molecule has 0 N–H and O–H groups in total. The third kappa shape index (κ3) is 3.33. The van der Waals surface area contributed by atoms with Crippen LogP contribution in [0, 0.1) is 0 Å². The first-order chi connectivity index (χ1) is 3.31. The molecule has 0 saturated carbocycles. The Morgan fingerprint density at radius 2 is 2.43 bits per heavy atom. The summed E-state index contributed by atoms with van der Waals surface area (Å²) in [5.74, 6) is 0. The van der Waals surface area contributed by atoms with Crippen molar-refractivity contribution in [2.24, 2.45) is 0 Å². The average Bonchev–Trinajstić information content (AvgIpc) is 1.68. The molecule has 0 spiro atoms. The predicted molar refractivity (Wildman–Crippen MR) is 28.8 cm³/mol. The third-order valence-electron chi connectivity index (χ3n) is 0.418. The molecule has 1 amide bonds. The van der Waals surface area contributed by atoms with E-state index in [4.69, 9.17) is 11.8 Å². The molecule has 40 valence electrons. The van der Waals surface area contributed by atoms with E-state index < -0.39 is 0 Å². The highest BCUT2D eigenvalue weighted by Gasteiger charge is 1.85. The fourth-order valence-electron chi connectivity index (χ4n) is 0.166. The molecule has 0 aromatic heterocycles. The molecule has 0 aliphatic heterocycles. The van der Waals surface area contributed by atoms with Crippen molar-refractivity contribution in [1.82, 2.24) is 4.42 Å². The maximum absolute atomic E-state index is 9.64. The summed E-state index contributed by atoms with van der Waals surface area (Å²) < 4.78 is 0.979. The van der Waals surface area contributed by atoms with Gasteiger partial charge in [0.25, 0.3) is 0 Å². The van der Waals surface area contributed by atoms with Crippen molar-refractivity contribution in [2.45, 2.75) is 0 Å². The van der Waals surface area contributed by atoms with Crippen molar-refractivity contribution >= 4 is 18.2 Å². The van der Waals surface area contributed by atoms with E-state index in [2.05, 4.69) is 6.58 Å². The van der Waals surface area contributed by atoms with Crippen LogP contribution in [-0.2, 0) is 4.79 Å². The van der Waals surface area contributed by atoms with Crippen LogP contribution >= 0.6 is 11.8 Å². The van der Waals surface area contributed by atoms with Crippen molar-refractivity contribution in [3.05, 3.63) is 12.7 Å². The van der Waals surface area contributed by atoms with Crippen LogP contribution < -0.4 is 0 Å². The lowest BCUT2D eigenvalue weighted by molar-refractivity contribution is -0.113. The Morgan fingerprint density at radius 3 is 2.57 bits per heavy atom. The molecule has 0 radical (unpaired) electrons. The van der Waals surface area contributed by atoms with Gasteiger partial charge in [-0.2, -0.15) is 0 Å². The summed E-state index contributed by atoms with van der Waals surface area (Å²) in [7, 11) is 0. The summed E-state index contributed by atoms with van der Waals surface area (Å²) in [4.78, 5) is 9.64. The minimum Gasteiger partial charge on any atom is -0.277 e. The lowest BCUT2D eigenvalue weighted by atomic mass is 10.6. The molecule has 3 heteroatoms. The smallest absolute Gasteiger partial charge is 0.224 e. The molecule has 0 aliphatic rings. The summed E-state index contributed by atoms with van der Waals surface area (Å²) in [6.45, 7) is 3.76. The van der Waals surface area contributed by atoms with Crippen molar-refractivity contribution in [3.63, 3.8) is 0 Å². The molecule has 0 saturated heterocycles. The molecule has 0 bridgehead atoms.